The van der Waals surface area contributed by atoms with Crippen molar-refractivity contribution in [3.05, 3.63) is 83.4 Å². The monoisotopic (exact) mass is 421 g/mol. The fourth-order valence-electron chi connectivity index (χ4n) is 3.18. The molecular formula is C23H20ClN3OS. The summed E-state index contributed by atoms with van der Waals surface area (Å²) in [7, 11) is 0. The summed E-state index contributed by atoms with van der Waals surface area (Å²) in [6, 6.07) is 23.7. The van der Waals surface area contributed by atoms with Gasteiger partial charge < -0.3 is 10.2 Å². The van der Waals surface area contributed by atoms with Crippen molar-refractivity contribution in [3.63, 3.8) is 0 Å². The topological polar surface area (TPSA) is 44.7 Å². The third kappa shape index (κ3) is 4.81. The molecule has 0 unspecified atom stereocenters. The maximum atomic E-state index is 12.0. The zero-order chi connectivity index (χ0) is 20.1. The number of urea groups is 1. The number of benzene rings is 3. The maximum Gasteiger partial charge on any atom is 0.340 e. The molecule has 2 amide bonds. The average molecular weight is 422 g/mol. The quantitative estimate of drug-likeness (QED) is 0.396. The molecule has 0 saturated carbocycles. The number of nitrogens with one attached hydrogen (secondary N) is 1. The highest BCUT2D eigenvalue weighted by atomic mass is 35.5. The fourth-order valence-corrected chi connectivity index (χ4v) is 4.40. The summed E-state index contributed by atoms with van der Waals surface area (Å²) in [6.45, 7) is 1.38. The Hall–Kier alpha value is -2.76. The number of para-hydroxylation sites is 2. The van der Waals surface area contributed by atoms with Crippen molar-refractivity contribution in [2.45, 2.75) is 16.2 Å². The molecule has 1 aliphatic rings. The van der Waals surface area contributed by atoms with E-state index < -0.39 is 0 Å². The van der Waals surface area contributed by atoms with Gasteiger partial charge in [-0.05, 0) is 48.4 Å². The summed E-state index contributed by atoms with van der Waals surface area (Å²) >= 11 is 7.65. The van der Waals surface area contributed by atoms with Gasteiger partial charge in [0.15, 0.2) is 0 Å². The van der Waals surface area contributed by atoms with E-state index in [4.69, 9.17) is 11.6 Å². The minimum Gasteiger partial charge on any atom is -0.340 e. The standard InChI is InChI=1S/C23H20ClN3OS/c24-18-12-10-17(11-13-18)16-26-23(28)25-14-5-15-27-19-6-1-3-8-21(19)29-22-9-4-2-7-20(22)27/h1-4,6-13,16H,5,14-15H2,(H,25,28)/b26-16+. The van der Waals surface area contributed by atoms with Crippen molar-refractivity contribution in [1.82, 2.24) is 5.32 Å². The van der Waals surface area contributed by atoms with Gasteiger partial charge in [-0.2, -0.15) is 0 Å². The minimum absolute atomic E-state index is 0.338. The van der Waals surface area contributed by atoms with Gasteiger partial charge in [0, 0.05) is 34.1 Å². The van der Waals surface area contributed by atoms with Crippen LogP contribution in [0, 0.1) is 0 Å². The molecule has 0 atom stereocenters. The first-order valence-electron chi connectivity index (χ1n) is 9.41. The highest BCUT2D eigenvalue weighted by Gasteiger charge is 2.22. The predicted molar refractivity (Wildman–Crippen MR) is 121 cm³/mol. The molecule has 1 N–H and O–H groups in total. The number of halogens is 1. The van der Waals surface area contributed by atoms with E-state index in [9.17, 15) is 4.79 Å². The van der Waals surface area contributed by atoms with Crippen LogP contribution in [0.1, 0.15) is 12.0 Å². The Bertz CT molecular complexity index is 991. The number of amides is 2. The first kappa shape index (κ1) is 19.6. The van der Waals surface area contributed by atoms with Crippen LogP contribution in [0.3, 0.4) is 0 Å². The number of nitrogens with zero attached hydrogens (tertiary/aromatic N) is 2. The van der Waals surface area contributed by atoms with Crippen LogP contribution in [0.2, 0.25) is 5.02 Å². The summed E-state index contributed by atoms with van der Waals surface area (Å²) in [5.41, 5.74) is 3.26. The van der Waals surface area contributed by atoms with Crippen LogP contribution in [0.4, 0.5) is 16.2 Å². The van der Waals surface area contributed by atoms with E-state index >= 15 is 0 Å². The van der Waals surface area contributed by atoms with Crippen molar-refractivity contribution < 1.29 is 4.79 Å². The summed E-state index contributed by atoms with van der Waals surface area (Å²) in [4.78, 5) is 20.8. The van der Waals surface area contributed by atoms with Crippen molar-refractivity contribution in [3.8, 4) is 0 Å². The number of aliphatic imine (C=N–C) groups is 1. The molecule has 0 aliphatic carbocycles. The lowest BCUT2D eigenvalue weighted by molar-refractivity contribution is 0.249. The Labute approximate surface area is 179 Å². The van der Waals surface area contributed by atoms with Crippen LogP contribution in [-0.4, -0.2) is 25.3 Å². The zero-order valence-electron chi connectivity index (χ0n) is 15.7. The molecule has 1 heterocycles. The van der Waals surface area contributed by atoms with E-state index in [1.807, 2.05) is 12.1 Å². The molecule has 0 bridgehead atoms. The predicted octanol–water partition coefficient (Wildman–Crippen LogP) is 6.16. The van der Waals surface area contributed by atoms with Crippen LogP contribution in [0.15, 0.2) is 87.6 Å². The Kier molecular flexibility index (Phi) is 6.17. The number of carbonyl (C=O) groups excluding carboxylic acids is 1. The number of carbonyl (C=O) groups is 1. The second kappa shape index (κ2) is 9.16. The average Bonchev–Trinajstić information content (AvgIpc) is 2.75. The smallest absolute Gasteiger partial charge is 0.340 e. The van der Waals surface area contributed by atoms with Crippen LogP contribution in [-0.2, 0) is 0 Å². The Morgan fingerprint density at radius 2 is 1.59 bits per heavy atom. The number of fused-ring (bicyclic) bond motifs is 2. The van der Waals surface area contributed by atoms with Gasteiger partial charge in [0.2, 0.25) is 0 Å². The van der Waals surface area contributed by atoms with Crippen LogP contribution in [0.5, 0.6) is 0 Å². The SMILES string of the molecule is O=C(/N=C/c1ccc(Cl)cc1)NCCCN1c2ccccc2Sc2ccccc21. The van der Waals surface area contributed by atoms with Crippen molar-refractivity contribution in [2.75, 3.05) is 18.0 Å². The largest absolute Gasteiger partial charge is 0.340 e. The lowest BCUT2D eigenvalue weighted by atomic mass is 10.2. The maximum absolute atomic E-state index is 12.0. The number of hydrogen-bond acceptors (Lipinski definition) is 3. The van der Waals surface area contributed by atoms with Gasteiger partial charge >= 0.3 is 6.03 Å². The number of anilines is 2. The molecule has 0 aromatic heterocycles. The molecule has 146 valence electrons. The molecule has 1 aliphatic heterocycles. The highest BCUT2D eigenvalue weighted by molar-refractivity contribution is 7.99. The molecule has 0 saturated heterocycles. The molecule has 0 fully saturated rings. The molecule has 4 nitrogen and oxygen atoms in total. The van der Waals surface area contributed by atoms with E-state index in [1.54, 1.807) is 30.1 Å². The van der Waals surface area contributed by atoms with E-state index in [2.05, 4.69) is 63.7 Å². The van der Waals surface area contributed by atoms with Gasteiger partial charge in [-0.25, -0.2) is 9.79 Å². The van der Waals surface area contributed by atoms with Gasteiger partial charge in [0.1, 0.15) is 0 Å². The third-order valence-electron chi connectivity index (χ3n) is 4.57. The van der Waals surface area contributed by atoms with Crippen molar-refractivity contribution in [1.29, 1.82) is 0 Å². The second-order valence-corrected chi connectivity index (χ2v) is 8.10. The highest BCUT2D eigenvalue weighted by Crippen LogP contribution is 2.47. The van der Waals surface area contributed by atoms with Crippen LogP contribution < -0.4 is 10.2 Å². The Morgan fingerprint density at radius 3 is 2.24 bits per heavy atom. The summed E-state index contributed by atoms with van der Waals surface area (Å²) in [5, 5.41) is 3.52. The molecule has 0 radical (unpaired) electrons. The second-order valence-electron chi connectivity index (χ2n) is 6.58. The number of hydrogen-bond donors (Lipinski definition) is 1. The van der Waals surface area contributed by atoms with E-state index in [-0.39, 0.29) is 6.03 Å². The molecule has 29 heavy (non-hydrogen) atoms. The molecule has 6 heteroatoms. The van der Waals surface area contributed by atoms with E-state index in [0.29, 0.717) is 11.6 Å². The Morgan fingerprint density at radius 1 is 0.966 bits per heavy atom. The lowest BCUT2D eigenvalue weighted by Crippen LogP contribution is -2.27. The van der Waals surface area contributed by atoms with Gasteiger partial charge in [-0.15, -0.1) is 0 Å². The van der Waals surface area contributed by atoms with E-state index in [0.717, 1.165) is 18.5 Å². The van der Waals surface area contributed by atoms with Gasteiger partial charge in [-0.3, -0.25) is 0 Å². The first-order valence-corrected chi connectivity index (χ1v) is 10.6. The lowest BCUT2D eigenvalue weighted by Gasteiger charge is -2.32. The Balaban J connectivity index is 1.34. The van der Waals surface area contributed by atoms with E-state index in [1.165, 1.54) is 21.2 Å². The number of rotatable bonds is 5. The fraction of sp³-hybridized carbons (Fsp3) is 0.130. The van der Waals surface area contributed by atoms with Gasteiger partial charge in [0.25, 0.3) is 0 Å². The van der Waals surface area contributed by atoms with Crippen LogP contribution in [0.25, 0.3) is 0 Å². The normalized spacial score (nSPS) is 12.5. The van der Waals surface area contributed by atoms with Gasteiger partial charge in [0.05, 0.1) is 11.4 Å². The molecule has 4 rings (SSSR count). The first-order chi connectivity index (χ1) is 14.2. The molecule has 0 spiro atoms. The van der Waals surface area contributed by atoms with Crippen molar-refractivity contribution in [2.24, 2.45) is 4.99 Å². The molecule has 3 aromatic carbocycles. The van der Waals surface area contributed by atoms with Crippen molar-refractivity contribution >= 4 is 47.0 Å². The minimum atomic E-state index is -0.338. The third-order valence-corrected chi connectivity index (χ3v) is 5.95. The van der Waals surface area contributed by atoms with Gasteiger partial charge in [-0.1, -0.05) is 59.8 Å². The summed E-state index contributed by atoms with van der Waals surface area (Å²) < 4.78 is 0. The summed E-state index contributed by atoms with van der Waals surface area (Å²) in [5.74, 6) is 0. The molecule has 3 aromatic rings. The molecular weight excluding hydrogens is 402 g/mol. The summed E-state index contributed by atoms with van der Waals surface area (Å²) in [6.07, 6.45) is 2.36. The van der Waals surface area contributed by atoms with Crippen LogP contribution >= 0.6 is 23.4 Å². The zero-order valence-corrected chi connectivity index (χ0v) is 17.3.